The fraction of sp³-hybridized carbons (Fsp3) is 0.235. The first-order valence-corrected chi connectivity index (χ1v) is 16.0. The van der Waals surface area contributed by atoms with E-state index in [0.717, 1.165) is 32.1 Å². The van der Waals surface area contributed by atoms with Gasteiger partial charge >= 0.3 is 0 Å². The minimum atomic E-state index is -0.110. The largest absolute Gasteiger partial charge is 0.335 e. The summed E-state index contributed by atoms with van der Waals surface area (Å²) >= 11 is 4.93. The summed E-state index contributed by atoms with van der Waals surface area (Å²) in [6.45, 7) is 7.54. The number of rotatable bonds is 6. The second-order valence-electron chi connectivity index (χ2n) is 11.1. The van der Waals surface area contributed by atoms with Crippen molar-refractivity contribution >= 4 is 39.1 Å². The lowest BCUT2D eigenvalue weighted by Crippen LogP contribution is -2.55. The molecule has 0 bridgehead atoms. The van der Waals surface area contributed by atoms with E-state index in [9.17, 15) is 9.59 Å². The predicted octanol–water partition coefficient (Wildman–Crippen LogP) is 7.54. The van der Waals surface area contributed by atoms with Crippen molar-refractivity contribution in [2.45, 2.75) is 32.7 Å². The van der Waals surface area contributed by atoms with Crippen molar-refractivity contribution in [3.63, 3.8) is 0 Å². The molecule has 2 aromatic heterocycles. The van der Waals surface area contributed by atoms with Gasteiger partial charge in [-0.15, -0.1) is 11.3 Å². The van der Waals surface area contributed by atoms with E-state index in [1.807, 2.05) is 64.6 Å². The highest BCUT2D eigenvalue weighted by molar-refractivity contribution is 9.10. The molecule has 5 aromatic rings. The summed E-state index contributed by atoms with van der Waals surface area (Å²) in [5.74, 6) is -0.0282. The van der Waals surface area contributed by atoms with Gasteiger partial charge in [0.1, 0.15) is 0 Å². The molecule has 0 saturated carbocycles. The van der Waals surface area contributed by atoms with Crippen LogP contribution in [-0.2, 0) is 0 Å². The summed E-state index contributed by atoms with van der Waals surface area (Å²) in [6, 6.07) is 26.0. The van der Waals surface area contributed by atoms with Crippen molar-refractivity contribution < 1.29 is 9.59 Å². The second kappa shape index (κ2) is 12.3. The quantitative estimate of drug-likeness (QED) is 0.190. The van der Waals surface area contributed by atoms with Gasteiger partial charge in [-0.05, 0) is 48.2 Å². The number of hydrogen-bond donors (Lipinski definition) is 0. The molecule has 6 rings (SSSR count). The van der Waals surface area contributed by atoms with E-state index < -0.39 is 0 Å². The van der Waals surface area contributed by atoms with E-state index in [-0.39, 0.29) is 23.8 Å². The molecule has 0 spiro atoms. The number of thiazole rings is 1. The third-order valence-corrected chi connectivity index (χ3v) is 9.16. The molecular formula is C34H32BrN5O2S. The number of benzene rings is 3. The number of carbonyl (C=O) groups is 2. The first-order valence-electron chi connectivity index (χ1n) is 14.4. The highest BCUT2D eigenvalue weighted by Crippen LogP contribution is 2.30. The third kappa shape index (κ3) is 5.92. The van der Waals surface area contributed by atoms with Crippen LogP contribution < -0.4 is 0 Å². The molecule has 3 heterocycles. The number of aromatic nitrogens is 3. The van der Waals surface area contributed by atoms with Gasteiger partial charge in [-0.2, -0.15) is 5.10 Å². The molecule has 3 aromatic carbocycles. The van der Waals surface area contributed by atoms with Gasteiger partial charge in [0.05, 0.1) is 23.1 Å². The fourth-order valence-corrected chi connectivity index (χ4v) is 6.63. The number of piperazine rings is 1. The van der Waals surface area contributed by atoms with Gasteiger partial charge in [0.2, 0.25) is 5.13 Å². The van der Waals surface area contributed by atoms with Gasteiger partial charge < -0.3 is 9.80 Å². The van der Waals surface area contributed by atoms with Gasteiger partial charge in [0.25, 0.3) is 11.8 Å². The lowest BCUT2D eigenvalue weighted by Gasteiger charge is -2.40. The SMILES string of the molecule is CC(C)c1c(C(=O)N2CCN(C(=O)c3ccc(Br)cc3)C(C)C2)cnn1-c1nc(-c2ccc(-c3ccccc3)cc2)cs1. The maximum atomic E-state index is 13.8. The number of nitrogens with zero attached hydrogens (tertiary/aromatic N) is 5. The molecule has 0 radical (unpaired) electrons. The van der Waals surface area contributed by atoms with E-state index in [0.29, 0.717) is 30.8 Å². The first-order chi connectivity index (χ1) is 20.8. The molecule has 1 saturated heterocycles. The second-order valence-corrected chi connectivity index (χ2v) is 12.8. The number of amides is 2. The van der Waals surface area contributed by atoms with Crippen LogP contribution in [0.25, 0.3) is 27.5 Å². The summed E-state index contributed by atoms with van der Waals surface area (Å²) in [6.07, 6.45) is 1.66. The van der Waals surface area contributed by atoms with Crippen molar-refractivity contribution in [3.8, 4) is 27.5 Å². The normalized spacial score (nSPS) is 15.2. The first kappa shape index (κ1) is 29.0. The van der Waals surface area contributed by atoms with Crippen molar-refractivity contribution in [3.05, 3.63) is 112 Å². The molecular weight excluding hydrogens is 622 g/mol. The van der Waals surface area contributed by atoms with Crippen LogP contribution in [0.3, 0.4) is 0 Å². The van der Waals surface area contributed by atoms with Crippen molar-refractivity contribution in [1.29, 1.82) is 0 Å². The molecule has 1 aliphatic rings. The van der Waals surface area contributed by atoms with Gasteiger partial charge in [0.15, 0.2) is 0 Å². The van der Waals surface area contributed by atoms with E-state index in [1.54, 1.807) is 10.9 Å². The van der Waals surface area contributed by atoms with E-state index >= 15 is 0 Å². The van der Waals surface area contributed by atoms with Crippen LogP contribution in [0.5, 0.6) is 0 Å². The van der Waals surface area contributed by atoms with Gasteiger partial charge in [0, 0.05) is 46.7 Å². The maximum absolute atomic E-state index is 13.8. The molecule has 1 atom stereocenters. The Morgan fingerprint density at radius 1 is 0.884 bits per heavy atom. The topological polar surface area (TPSA) is 71.3 Å². The van der Waals surface area contributed by atoms with Crippen LogP contribution in [0.2, 0.25) is 0 Å². The van der Waals surface area contributed by atoms with Crippen molar-refractivity contribution in [1.82, 2.24) is 24.6 Å². The number of carbonyl (C=O) groups excluding carboxylic acids is 2. The average molecular weight is 655 g/mol. The zero-order valence-corrected chi connectivity index (χ0v) is 26.7. The van der Waals surface area contributed by atoms with Crippen molar-refractivity contribution in [2.24, 2.45) is 0 Å². The Hall–Kier alpha value is -4.08. The van der Waals surface area contributed by atoms with Crippen LogP contribution in [0.1, 0.15) is 53.1 Å². The van der Waals surface area contributed by atoms with Gasteiger partial charge in [-0.25, -0.2) is 9.67 Å². The Labute approximate surface area is 263 Å². The predicted molar refractivity (Wildman–Crippen MR) is 175 cm³/mol. The number of halogens is 1. The number of hydrogen-bond acceptors (Lipinski definition) is 5. The Balaban J connectivity index is 1.19. The molecule has 1 aliphatic heterocycles. The zero-order valence-electron chi connectivity index (χ0n) is 24.3. The van der Waals surface area contributed by atoms with Gasteiger partial charge in [-0.3, -0.25) is 9.59 Å². The van der Waals surface area contributed by atoms with Crippen LogP contribution >= 0.6 is 27.3 Å². The van der Waals surface area contributed by atoms with Crippen molar-refractivity contribution in [2.75, 3.05) is 19.6 Å². The third-order valence-electron chi connectivity index (χ3n) is 7.81. The Bertz CT molecular complexity index is 1750. The lowest BCUT2D eigenvalue weighted by atomic mass is 10.0. The smallest absolute Gasteiger partial charge is 0.257 e. The molecule has 0 N–H and O–H groups in total. The van der Waals surface area contributed by atoms with Crippen LogP contribution in [0, 0.1) is 0 Å². The highest BCUT2D eigenvalue weighted by atomic mass is 79.9. The summed E-state index contributed by atoms with van der Waals surface area (Å²) in [5.41, 5.74) is 6.30. The maximum Gasteiger partial charge on any atom is 0.257 e. The molecule has 218 valence electrons. The molecule has 43 heavy (non-hydrogen) atoms. The monoisotopic (exact) mass is 653 g/mol. The Morgan fingerprint density at radius 2 is 1.56 bits per heavy atom. The van der Waals surface area contributed by atoms with Crippen LogP contribution in [0.15, 0.2) is 94.9 Å². The lowest BCUT2D eigenvalue weighted by molar-refractivity contribution is 0.0413. The molecule has 9 heteroatoms. The van der Waals surface area contributed by atoms with E-state index in [1.165, 1.54) is 16.9 Å². The Morgan fingerprint density at radius 3 is 2.23 bits per heavy atom. The molecule has 0 aliphatic carbocycles. The summed E-state index contributed by atoms with van der Waals surface area (Å²) in [4.78, 5) is 35.6. The standard InChI is InChI=1S/C34H32BrN5O2S/c1-22(2)31-29(33(42)38-17-18-39(23(3)20-38)32(41)27-13-15-28(35)16-14-27)19-36-40(31)34-37-30(21-43-34)26-11-9-25(10-12-26)24-7-5-4-6-8-24/h4-16,19,21-23H,17-18,20H2,1-3H3. The zero-order chi connectivity index (χ0) is 30.1. The fourth-order valence-electron chi connectivity index (χ4n) is 5.56. The summed E-state index contributed by atoms with van der Waals surface area (Å²) in [7, 11) is 0. The summed E-state index contributed by atoms with van der Waals surface area (Å²) < 4.78 is 2.74. The van der Waals surface area contributed by atoms with Gasteiger partial charge in [-0.1, -0.05) is 84.4 Å². The Kier molecular flexibility index (Phi) is 8.27. The highest BCUT2D eigenvalue weighted by Gasteiger charge is 2.33. The average Bonchev–Trinajstić information content (AvgIpc) is 3.69. The summed E-state index contributed by atoms with van der Waals surface area (Å²) in [5, 5.41) is 7.40. The van der Waals surface area contributed by atoms with E-state index in [2.05, 4.69) is 71.3 Å². The molecule has 2 amide bonds. The van der Waals surface area contributed by atoms with Crippen LogP contribution in [-0.4, -0.2) is 62.1 Å². The minimum Gasteiger partial charge on any atom is -0.335 e. The molecule has 1 fully saturated rings. The molecule has 1 unspecified atom stereocenters. The van der Waals surface area contributed by atoms with E-state index in [4.69, 9.17) is 4.98 Å². The molecule has 7 nitrogen and oxygen atoms in total. The van der Waals surface area contributed by atoms with Crippen LogP contribution in [0.4, 0.5) is 0 Å². The minimum absolute atomic E-state index is 0.0166.